The largest absolute Gasteiger partial charge is 0.481 e. The number of rotatable bonds is 7. The van der Waals surface area contributed by atoms with Crippen LogP contribution in [0.25, 0.3) is 0 Å². The summed E-state index contributed by atoms with van der Waals surface area (Å²) in [4.78, 5) is 10.8. The van der Waals surface area contributed by atoms with E-state index in [1.807, 2.05) is 0 Å². The molecule has 0 spiro atoms. The van der Waals surface area contributed by atoms with Crippen LogP contribution in [-0.4, -0.2) is 37.3 Å². The minimum absolute atomic E-state index is 0.0365. The highest BCUT2D eigenvalue weighted by molar-refractivity contribution is 7.86. The average Bonchev–Trinajstić information content (AvgIpc) is 2.38. The molecule has 2 atom stereocenters. The van der Waals surface area contributed by atoms with Crippen LogP contribution in [0.1, 0.15) is 13.3 Å². The fraction of sp³-hybridized carbons (Fsp3) is 0.417. The normalized spacial score (nSPS) is 14.8. The SMILES string of the molecule is CCC(C(=O)O)C(O)COS(=O)(=O)c1ccccc1. The second-order valence-corrected chi connectivity index (χ2v) is 5.59. The number of carboxylic acids is 1. The maximum atomic E-state index is 11.7. The summed E-state index contributed by atoms with van der Waals surface area (Å²) in [5.74, 6) is -2.23. The van der Waals surface area contributed by atoms with Gasteiger partial charge in [0.05, 0.1) is 23.5 Å². The second kappa shape index (κ2) is 6.65. The van der Waals surface area contributed by atoms with Crippen LogP contribution < -0.4 is 0 Å². The van der Waals surface area contributed by atoms with Crippen molar-refractivity contribution in [2.45, 2.75) is 24.3 Å². The first-order valence-electron chi connectivity index (χ1n) is 5.74. The molecule has 0 bridgehead atoms. The maximum Gasteiger partial charge on any atom is 0.309 e. The number of benzene rings is 1. The highest BCUT2D eigenvalue weighted by atomic mass is 32.2. The number of carbonyl (C=O) groups is 1. The van der Waals surface area contributed by atoms with Gasteiger partial charge in [0.2, 0.25) is 0 Å². The third-order valence-electron chi connectivity index (χ3n) is 2.65. The Bertz CT molecular complexity index is 510. The molecule has 19 heavy (non-hydrogen) atoms. The van der Waals surface area contributed by atoms with Crippen LogP contribution in [0.5, 0.6) is 0 Å². The molecule has 106 valence electrons. The van der Waals surface area contributed by atoms with Crippen molar-refractivity contribution in [2.75, 3.05) is 6.61 Å². The monoisotopic (exact) mass is 288 g/mol. The summed E-state index contributed by atoms with van der Waals surface area (Å²) in [5, 5.41) is 18.4. The van der Waals surface area contributed by atoms with E-state index in [9.17, 15) is 18.3 Å². The molecule has 0 aliphatic rings. The Morgan fingerprint density at radius 2 is 1.89 bits per heavy atom. The second-order valence-electron chi connectivity index (χ2n) is 3.97. The molecule has 0 saturated heterocycles. The Morgan fingerprint density at radius 1 is 1.32 bits per heavy atom. The molecule has 2 N–H and O–H groups in total. The van der Waals surface area contributed by atoms with Gasteiger partial charge in [-0.2, -0.15) is 8.42 Å². The summed E-state index contributed by atoms with van der Waals surface area (Å²) in [6.07, 6.45) is -1.19. The summed E-state index contributed by atoms with van der Waals surface area (Å²) >= 11 is 0. The van der Waals surface area contributed by atoms with Crippen molar-refractivity contribution in [3.8, 4) is 0 Å². The zero-order valence-corrected chi connectivity index (χ0v) is 11.2. The molecule has 6 nitrogen and oxygen atoms in total. The molecule has 0 radical (unpaired) electrons. The summed E-state index contributed by atoms with van der Waals surface area (Å²) in [6.45, 7) is 1.01. The third kappa shape index (κ3) is 4.30. The Labute approximate surface area is 111 Å². The van der Waals surface area contributed by atoms with Crippen LogP contribution >= 0.6 is 0 Å². The summed E-state index contributed by atoms with van der Waals surface area (Å²) in [6, 6.07) is 7.45. The van der Waals surface area contributed by atoms with Crippen LogP contribution in [0.2, 0.25) is 0 Å². The zero-order chi connectivity index (χ0) is 14.5. The lowest BCUT2D eigenvalue weighted by Gasteiger charge is -2.17. The third-order valence-corrected chi connectivity index (χ3v) is 3.94. The van der Waals surface area contributed by atoms with Gasteiger partial charge in [0.25, 0.3) is 10.1 Å². The minimum atomic E-state index is -3.98. The molecule has 0 saturated carbocycles. The smallest absolute Gasteiger partial charge is 0.309 e. The van der Waals surface area contributed by atoms with Gasteiger partial charge in [0.1, 0.15) is 0 Å². The molecule has 0 fully saturated rings. The van der Waals surface area contributed by atoms with Crippen molar-refractivity contribution in [1.29, 1.82) is 0 Å². The maximum absolute atomic E-state index is 11.7. The van der Waals surface area contributed by atoms with E-state index < -0.39 is 34.7 Å². The number of aliphatic hydroxyl groups excluding tert-OH is 1. The first-order valence-corrected chi connectivity index (χ1v) is 7.14. The Balaban J connectivity index is 2.69. The lowest BCUT2D eigenvalue weighted by molar-refractivity contribution is -0.146. The van der Waals surface area contributed by atoms with Gasteiger partial charge < -0.3 is 10.2 Å². The van der Waals surface area contributed by atoms with Gasteiger partial charge in [0.15, 0.2) is 0 Å². The van der Waals surface area contributed by atoms with E-state index >= 15 is 0 Å². The Kier molecular flexibility index (Phi) is 5.46. The van der Waals surface area contributed by atoms with Crippen LogP contribution in [0.4, 0.5) is 0 Å². The van der Waals surface area contributed by atoms with Crippen molar-refractivity contribution in [3.05, 3.63) is 30.3 Å². The quantitative estimate of drug-likeness (QED) is 0.722. The van der Waals surface area contributed by atoms with E-state index in [4.69, 9.17) is 5.11 Å². The van der Waals surface area contributed by atoms with Crippen molar-refractivity contribution >= 4 is 16.1 Å². The zero-order valence-electron chi connectivity index (χ0n) is 10.4. The molecular formula is C12H16O6S. The fourth-order valence-electron chi connectivity index (χ4n) is 1.54. The Morgan fingerprint density at radius 3 is 2.37 bits per heavy atom. The van der Waals surface area contributed by atoms with E-state index in [1.165, 1.54) is 12.1 Å². The molecule has 0 heterocycles. The molecule has 1 aromatic rings. The van der Waals surface area contributed by atoms with E-state index in [1.54, 1.807) is 25.1 Å². The predicted octanol–water partition coefficient (Wildman–Crippen LogP) is 0.864. The number of carboxylic acid groups (broad SMARTS) is 1. The minimum Gasteiger partial charge on any atom is -0.481 e. The van der Waals surface area contributed by atoms with Gasteiger partial charge in [-0.1, -0.05) is 25.1 Å². The molecular weight excluding hydrogens is 272 g/mol. The first kappa shape index (κ1) is 15.6. The Hall–Kier alpha value is -1.44. The highest BCUT2D eigenvalue weighted by Gasteiger charge is 2.27. The lowest BCUT2D eigenvalue weighted by Crippen LogP contribution is -2.32. The van der Waals surface area contributed by atoms with Gasteiger partial charge >= 0.3 is 5.97 Å². The van der Waals surface area contributed by atoms with Gasteiger partial charge in [-0.25, -0.2) is 0 Å². The lowest BCUT2D eigenvalue weighted by atomic mass is 10.0. The van der Waals surface area contributed by atoms with Crippen molar-refractivity contribution < 1.29 is 27.6 Å². The van der Waals surface area contributed by atoms with Crippen LogP contribution in [0.15, 0.2) is 35.2 Å². The van der Waals surface area contributed by atoms with Gasteiger partial charge in [-0.15, -0.1) is 0 Å². The van der Waals surface area contributed by atoms with Crippen LogP contribution in [0, 0.1) is 5.92 Å². The molecule has 0 aromatic heterocycles. The molecule has 2 unspecified atom stereocenters. The number of aliphatic carboxylic acids is 1. The van der Waals surface area contributed by atoms with Crippen molar-refractivity contribution in [2.24, 2.45) is 5.92 Å². The van der Waals surface area contributed by atoms with Crippen LogP contribution in [-0.2, 0) is 19.1 Å². The molecule has 0 aliphatic carbocycles. The molecule has 0 aliphatic heterocycles. The fourth-order valence-corrected chi connectivity index (χ4v) is 2.49. The van der Waals surface area contributed by atoms with Gasteiger partial charge in [-0.05, 0) is 18.6 Å². The summed E-state index contributed by atoms with van der Waals surface area (Å²) < 4.78 is 28.1. The van der Waals surface area contributed by atoms with Crippen LogP contribution in [0.3, 0.4) is 0 Å². The topological polar surface area (TPSA) is 101 Å². The van der Waals surface area contributed by atoms with E-state index in [-0.39, 0.29) is 11.3 Å². The number of hydrogen-bond donors (Lipinski definition) is 2. The van der Waals surface area contributed by atoms with E-state index in [0.717, 1.165) is 0 Å². The van der Waals surface area contributed by atoms with E-state index in [0.29, 0.717) is 0 Å². The molecule has 0 amide bonds. The van der Waals surface area contributed by atoms with Crippen molar-refractivity contribution in [3.63, 3.8) is 0 Å². The average molecular weight is 288 g/mol. The molecule has 1 aromatic carbocycles. The van der Waals surface area contributed by atoms with Crippen molar-refractivity contribution in [1.82, 2.24) is 0 Å². The number of aliphatic hydroxyl groups is 1. The first-order chi connectivity index (χ1) is 8.88. The molecule has 1 rings (SSSR count). The predicted molar refractivity (Wildman–Crippen MR) is 67.0 cm³/mol. The van der Waals surface area contributed by atoms with Gasteiger partial charge in [0, 0.05) is 0 Å². The standard InChI is InChI=1S/C12H16O6S/c1-2-10(12(14)15)11(13)8-18-19(16,17)9-6-4-3-5-7-9/h3-7,10-11,13H,2,8H2,1H3,(H,14,15). The highest BCUT2D eigenvalue weighted by Crippen LogP contribution is 2.15. The molecule has 7 heteroatoms. The summed E-state index contributed by atoms with van der Waals surface area (Å²) in [7, 11) is -3.98. The van der Waals surface area contributed by atoms with Gasteiger partial charge in [-0.3, -0.25) is 8.98 Å². The number of hydrogen-bond acceptors (Lipinski definition) is 5. The summed E-state index contributed by atoms with van der Waals surface area (Å²) in [5.41, 5.74) is 0. The van der Waals surface area contributed by atoms with E-state index in [2.05, 4.69) is 4.18 Å².